The molecule has 0 aliphatic carbocycles. The zero-order valence-corrected chi connectivity index (χ0v) is 16.8. The summed E-state index contributed by atoms with van der Waals surface area (Å²) < 4.78 is 46.5. The van der Waals surface area contributed by atoms with Crippen molar-refractivity contribution in [3.63, 3.8) is 0 Å². The Morgan fingerprint density at radius 2 is 1.97 bits per heavy atom. The Balaban J connectivity index is 1.66. The second-order valence-electron chi connectivity index (χ2n) is 6.68. The van der Waals surface area contributed by atoms with E-state index in [4.69, 9.17) is 4.74 Å². The molecule has 0 unspecified atom stereocenters. The molecule has 2 aromatic heterocycles. The van der Waals surface area contributed by atoms with E-state index in [-0.39, 0.29) is 6.61 Å². The van der Waals surface area contributed by atoms with Crippen molar-refractivity contribution in [1.29, 1.82) is 0 Å². The second-order valence-corrected chi connectivity index (χ2v) is 7.81. The molecule has 0 aliphatic heterocycles. The van der Waals surface area contributed by atoms with Gasteiger partial charge in [-0.15, -0.1) is 11.3 Å². The number of fused-ring (bicyclic) bond motifs is 1. The van der Waals surface area contributed by atoms with Crippen LogP contribution in [0.2, 0.25) is 0 Å². The van der Waals surface area contributed by atoms with Gasteiger partial charge in [-0.05, 0) is 36.1 Å². The number of carbonyl (C=O) groups excluding carboxylic acids is 1. The summed E-state index contributed by atoms with van der Waals surface area (Å²) in [6.45, 7) is 2.02. The zero-order chi connectivity index (χ0) is 21.3. The van der Waals surface area contributed by atoms with Crippen LogP contribution in [0.25, 0.3) is 15.8 Å². The first kappa shape index (κ1) is 20.2. The number of nitrogens with zero attached hydrogens (tertiary/aromatic N) is 2. The molecule has 0 spiro atoms. The molecule has 0 radical (unpaired) electrons. The molecule has 4 nitrogen and oxygen atoms in total. The lowest BCUT2D eigenvalue weighted by Crippen LogP contribution is -2.05. The van der Waals surface area contributed by atoms with Crippen molar-refractivity contribution in [2.24, 2.45) is 0 Å². The summed E-state index contributed by atoms with van der Waals surface area (Å²) in [4.78, 5) is 12.8. The van der Waals surface area contributed by atoms with E-state index >= 15 is 0 Å². The van der Waals surface area contributed by atoms with Crippen LogP contribution in [0.3, 0.4) is 0 Å². The van der Waals surface area contributed by atoms with Gasteiger partial charge in [0.2, 0.25) is 0 Å². The Morgan fingerprint density at radius 3 is 2.73 bits per heavy atom. The van der Waals surface area contributed by atoms with Gasteiger partial charge in [-0.3, -0.25) is 0 Å². The fourth-order valence-electron chi connectivity index (χ4n) is 3.20. The van der Waals surface area contributed by atoms with Crippen LogP contribution in [-0.2, 0) is 17.3 Å². The molecular weight excluding hydrogens is 413 g/mol. The van der Waals surface area contributed by atoms with Crippen LogP contribution in [0.4, 0.5) is 13.2 Å². The summed E-state index contributed by atoms with van der Waals surface area (Å²) >= 11 is 1.50. The summed E-state index contributed by atoms with van der Waals surface area (Å²) in [5.74, 6) is -0.438. The molecule has 4 rings (SSSR count). The highest BCUT2D eigenvalue weighted by molar-refractivity contribution is 7.19. The Morgan fingerprint density at radius 1 is 1.17 bits per heavy atom. The Labute approximate surface area is 174 Å². The molecule has 0 bridgehead atoms. The molecule has 0 saturated heterocycles. The average Bonchev–Trinajstić information content (AvgIpc) is 3.34. The van der Waals surface area contributed by atoms with Crippen LogP contribution in [-0.4, -0.2) is 22.4 Å². The monoisotopic (exact) mass is 430 g/mol. The van der Waals surface area contributed by atoms with Gasteiger partial charge >= 0.3 is 12.1 Å². The van der Waals surface area contributed by atoms with Gasteiger partial charge < -0.3 is 4.74 Å². The van der Waals surface area contributed by atoms with Gasteiger partial charge in [-0.2, -0.15) is 18.3 Å². The number of hydrogen-bond donors (Lipinski definition) is 0. The third-order valence-electron chi connectivity index (χ3n) is 4.55. The zero-order valence-electron chi connectivity index (χ0n) is 15.9. The fraction of sp³-hybridized carbons (Fsp3) is 0.182. The third-order valence-corrected chi connectivity index (χ3v) is 5.72. The first-order chi connectivity index (χ1) is 14.3. The molecule has 2 heterocycles. The number of halogens is 3. The lowest BCUT2D eigenvalue weighted by Gasteiger charge is -2.08. The lowest BCUT2D eigenvalue weighted by molar-refractivity contribution is -0.137. The van der Waals surface area contributed by atoms with Gasteiger partial charge in [0.25, 0.3) is 0 Å². The number of benzene rings is 2. The largest absolute Gasteiger partial charge is 0.462 e. The van der Waals surface area contributed by atoms with E-state index in [1.165, 1.54) is 29.7 Å². The van der Waals surface area contributed by atoms with E-state index in [1.54, 1.807) is 23.9 Å². The van der Waals surface area contributed by atoms with Crippen LogP contribution < -0.4 is 0 Å². The maximum atomic E-state index is 13.0. The van der Waals surface area contributed by atoms with E-state index in [2.05, 4.69) is 5.10 Å². The normalized spacial score (nSPS) is 11.7. The predicted molar refractivity (Wildman–Crippen MR) is 109 cm³/mol. The van der Waals surface area contributed by atoms with Gasteiger partial charge in [0.15, 0.2) is 0 Å². The topological polar surface area (TPSA) is 44.1 Å². The molecule has 30 heavy (non-hydrogen) atoms. The van der Waals surface area contributed by atoms with E-state index in [1.807, 2.05) is 24.3 Å². The van der Waals surface area contributed by atoms with Crippen molar-refractivity contribution < 1.29 is 22.7 Å². The summed E-state index contributed by atoms with van der Waals surface area (Å²) in [5, 5.41) is 5.23. The Bertz CT molecular complexity index is 1210. The molecule has 0 saturated carbocycles. The number of carbonyl (C=O) groups is 1. The van der Waals surface area contributed by atoms with Crippen LogP contribution in [0.15, 0.2) is 60.9 Å². The molecule has 0 amide bonds. The molecule has 0 fully saturated rings. The maximum Gasteiger partial charge on any atom is 0.416 e. The van der Waals surface area contributed by atoms with Gasteiger partial charge in [-0.25, -0.2) is 9.48 Å². The van der Waals surface area contributed by atoms with Crippen LogP contribution in [0.5, 0.6) is 0 Å². The van der Waals surface area contributed by atoms with E-state index in [0.29, 0.717) is 17.5 Å². The first-order valence-corrected chi connectivity index (χ1v) is 10.1. The van der Waals surface area contributed by atoms with Gasteiger partial charge in [0.1, 0.15) is 0 Å². The summed E-state index contributed by atoms with van der Waals surface area (Å²) in [7, 11) is 0. The smallest absolute Gasteiger partial charge is 0.416 e. The predicted octanol–water partition coefficient (Wildman–Crippen LogP) is 5.87. The minimum absolute atomic E-state index is 0.281. The standard InChI is InChI=1S/C22H17F3N2O2S/c1-2-29-21(28)16-12-26-27(13-16)19-8-4-6-15-11-18(30-20(15)19)10-14-5-3-7-17(9-14)22(23,24)25/h3-9,11-13H,2,10H2,1H3. The number of hydrogen-bond acceptors (Lipinski definition) is 4. The highest BCUT2D eigenvalue weighted by Gasteiger charge is 2.30. The number of esters is 1. The molecule has 0 atom stereocenters. The second kappa shape index (κ2) is 7.95. The summed E-state index contributed by atoms with van der Waals surface area (Å²) in [6, 6.07) is 13.1. The minimum atomic E-state index is -4.36. The number of alkyl halides is 3. The number of ether oxygens (including phenoxy) is 1. The molecular formula is C22H17F3N2O2S. The van der Waals surface area contributed by atoms with Gasteiger partial charge in [0.05, 0.1) is 34.3 Å². The van der Waals surface area contributed by atoms with Crippen molar-refractivity contribution in [3.05, 3.63) is 82.5 Å². The van der Waals surface area contributed by atoms with Gasteiger partial charge in [0, 0.05) is 17.5 Å². The molecule has 0 N–H and O–H groups in total. The molecule has 154 valence electrons. The lowest BCUT2D eigenvalue weighted by atomic mass is 10.1. The van der Waals surface area contributed by atoms with Crippen molar-refractivity contribution in [2.45, 2.75) is 19.5 Å². The highest BCUT2D eigenvalue weighted by Crippen LogP contribution is 2.34. The van der Waals surface area contributed by atoms with E-state index in [0.717, 1.165) is 26.7 Å². The first-order valence-electron chi connectivity index (χ1n) is 9.25. The SMILES string of the molecule is CCOC(=O)c1cnn(-c2cccc3cc(Cc4cccc(C(F)(F)F)c4)sc23)c1. The molecule has 8 heteroatoms. The quantitative estimate of drug-likeness (QED) is 0.372. The summed E-state index contributed by atoms with van der Waals surface area (Å²) in [6.07, 6.45) is -0.900. The Kier molecular flexibility index (Phi) is 5.34. The molecule has 4 aromatic rings. The number of thiophene rings is 1. The maximum absolute atomic E-state index is 13.0. The van der Waals surface area contributed by atoms with E-state index in [9.17, 15) is 18.0 Å². The minimum Gasteiger partial charge on any atom is -0.462 e. The molecule has 0 aliphatic rings. The van der Waals surface area contributed by atoms with Crippen LogP contribution >= 0.6 is 11.3 Å². The van der Waals surface area contributed by atoms with E-state index < -0.39 is 17.7 Å². The molecule has 2 aromatic carbocycles. The average molecular weight is 430 g/mol. The van der Waals surface area contributed by atoms with Gasteiger partial charge in [-0.1, -0.05) is 30.3 Å². The highest BCUT2D eigenvalue weighted by atomic mass is 32.1. The fourth-order valence-corrected chi connectivity index (χ4v) is 4.40. The Hall–Kier alpha value is -3.13. The van der Waals surface area contributed by atoms with Crippen molar-refractivity contribution in [3.8, 4) is 5.69 Å². The number of rotatable bonds is 5. The van der Waals surface area contributed by atoms with Crippen molar-refractivity contribution in [2.75, 3.05) is 6.61 Å². The van der Waals surface area contributed by atoms with Crippen molar-refractivity contribution >= 4 is 27.4 Å². The van der Waals surface area contributed by atoms with Crippen molar-refractivity contribution in [1.82, 2.24) is 9.78 Å². The van der Waals surface area contributed by atoms with Crippen LogP contribution in [0, 0.1) is 0 Å². The van der Waals surface area contributed by atoms with Crippen LogP contribution in [0.1, 0.15) is 33.3 Å². The number of aromatic nitrogens is 2. The third kappa shape index (κ3) is 4.09. The summed E-state index contributed by atoms with van der Waals surface area (Å²) in [5.41, 5.74) is 1.10.